The first-order chi connectivity index (χ1) is 13.3. The minimum absolute atomic E-state index is 0.212. The summed E-state index contributed by atoms with van der Waals surface area (Å²) in [6, 6.07) is 5.32. The van der Waals surface area contributed by atoms with Crippen LogP contribution in [0.15, 0.2) is 24.3 Å². The number of ether oxygens (including phenoxy) is 1. The van der Waals surface area contributed by atoms with E-state index in [4.69, 9.17) is 4.74 Å². The summed E-state index contributed by atoms with van der Waals surface area (Å²) in [4.78, 5) is 12.8. The molecule has 1 aliphatic rings. The van der Waals surface area contributed by atoms with Gasteiger partial charge in [-0.2, -0.15) is 13.2 Å². The van der Waals surface area contributed by atoms with Crippen molar-refractivity contribution in [2.75, 3.05) is 20.3 Å². The zero-order valence-electron chi connectivity index (χ0n) is 16.2. The van der Waals surface area contributed by atoms with Crippen molar-refractivity contribution in [1.29, 1.82) is 0 Å². The van der Waals surface area contributed by atoms with Crippen LogP contribution in [-0.2, 0) is 30.3 Å². The van der Waals surface area contributed by atoms with Crippen molar-refractivity contribution in [2.24, 2.45) is 0 Å². The predicted octanol–water partition coefficient (Wildman–Crippen LogP) is 4.12. The highest BCUT2D eigenvalue weighted by molar-refractivity contribution is 5.95. The van der Waals surface area contributed by atoms with Gasteiger partial charge in [0.25, 0.3) is 5.91 Å². The summed E-state index contributed by atoms with van der Waals surface area (Å²) in [6.45, 7) is 2.96. The fraction of sp³-hybridized carbons (Fsp3) is 0.476. The van der Waals surface area contributed by atoms with Crippen molar-refractivity contribution >= 4 is 5.91 Å². The molecule has 0 bridgehead atoms. The van der Waals surface area contributed by atoms with Crippen molar-refractivity contribution < 1.29 is 22.7 Å². The monoisotopic (exact) mass is 394 g/mol. The van der Waals surface area contributed by atoms with Gasteiger partial charge in [0.1, 0.15) is 5.69 Å². The van der Waals surface area contributed by atoms with E-state index in [9.17, 15) is 18.0 Å². The Morgan fingerprint density at radius 3 is 2.71 bits per heavy atom. The second kappa shape index (κ2) is 8.39. The van der Waals surface area contributed by atoms with Crippen LogP contribution in [0.5, 0.6) is 0 Å². The standard InChI is InChI=1S/C21H25F3N2O2/c1-14-17-8-3-4-9-18(17)26(19(14)20(27)25-10-11-28-2)13-15-6-5-7-16(12-15)21(22,23)24/h5-7,12H,3-4,8-11,13H2,1-2H3,(H,25,27). The predicted molar refractivity (Wildman–Crippen MR) is 101 cm³/mol. The third kappa shape index (κ3) is 4.24. The van der Waals surface area contributed by atoms with E-state index in [1.807, 2.05) is 11.5 Å². The molecule has 28 heavy (non-hydrogen) atoms. The van der Waals surface area contributed by atoms with Gasteiger partial charge in [0.15, 0.2) is 0 Å². The van der Waals surface area contributed by atoms with Gasteiger partial charge in [-0.1, -0.05) is 12.1 Å². The second-order valence-electron chi connectivity index (χ2n) is 7.14. The molecule has 4 nitrogen and oxygen atoms in total. The summed E-state index contributed by atoms with van der Waals surface area (Å²) in [6.07, 6.45) is -0.575. The van der Waals surface area contributed by atoms with Gasteiger partial charge in [-0.3, -0.25) is 4.79 Å². The van der Waals surface area contributed by atoms with Crippen molar-refractivity contribution in [3.63, 3.8) is 0 Å². The second-order valence-corrected chi connectivity index (χ2v) is 7.14. The molecule has 0 unspecified atom stereocenters. The van der Waals surface area contributed by atoms with Gasteiger partial charge in [-0.15, -0.1) is 0 Å². The third-order valence-corrected chi connectivity index (χ3v) is 5.24. The van der Waals surface area contributed by atoms with E-state index in [2.05, 4.69) is 5.32 Å². The minimum atomic E-state index is -4.39. The van der Waals surface area contributed by atoms with Crippen LogP contribution in [0.2, 0.25) is 0 Å². The number of nitrogens with one attached hydrogen (secondary N) is 1. The van der Waals surface area contributed by atoms with Crippen LogP contribution in [0.25, 0.3) is 0 Å². The molecular weight excluding hydrogens is 369 g/mol. The first-order valence-electron chi connectivity index (χ1n) is 9.47. The number of nitrogens with zero attached hydrogens (tertiary/aromatic N) is 1. The van der Waals surface area contributed by atoms with Crippen LogP contribution in [0.4, 0.5) is 13.2 Å². The fourth-order valence-electron chi connectivity index (χ4n) is 3.92. The van der Waals surface area contributed by atoms with Gasteiger partial charge >= 0.3 is 6.18 Å². The normalized spacial score (nSPS) is 14.0. The van der Waals surface area contributed by atoms with Crippen LogP contribution in [-0.4, -0.2) is 30.7 Å². The molecule has 2 aromatic rings. The summed E-state index contributed by atoms with van der Waals surface area (Å²) in [7, 11) is 1.56. The number of carbonyl (C=O) groups excluding carboxylic acids is 1. The Balaban J connectivity index is 1.98. The summed E-state index contributed by atoms with van der Waals surface area (Å²) in [5.74, 6) is -0.212. The molecule has 1 amide bonds. The fourth-order valence-corrected chi connectivity index (χ4v) is 3.92. The molecule has 1 N–H and O–H groups in total. The van der Waals surface area contributed by atoms with Crippen molar-refractivity contribution in [3.05, 3.63) is 57.9 Å². The van der Waals surface area contributed by atoms with Crippen molar-refractivity contribution in [1.82, 2.24) is 9.88 Å². The van der Waals surface area contributed by atoms with Crippen LogP contribution in [0.1, 0.15) is 51.3 Å². The topological polar surface area (TPSA) is 43.3 Å². The molecule has 1 aliphatic carbocycles. The van der Waals surface area contributed by atoms with Crippen LogP contribution < -0.4 is 5.32 Å². The number of alkyl halides is 3. The molecule has 0 saturated carbocycles. The molecule has 0 atom stereocenters. The highest BCUT2D eigenvalue weighted by Gasteiger charge is 2.31. The largest absolute Gasteiger partial charge is 0.416 e. The Labute approximate surface area is 162 Å². The number of hydrogen-bond acceptors (Lipinski definition) is 2. The van der Waals surface area contributed by atoms with Crippen molar-refractivity contribution in [2.45, 2.75) is 45.3 Å². The summed E-state index contributed by atoms with van der Waals surface area (Å²) >= 11 is 0. The molecule has 152 valence electrons. The Kier molecular flexibility index (Phi) is 6.13. The number of fused-ring (bicyclic) bond motifs is 1. The Morgan fingerprint density at radius 1 is 1.25 bits per heavy atom. The number of amides is 1. The maximum Gasteiger partial charge on any atom is 0.416 e. The average Bonchev–Trinajstić information content (AvgIpc) is 2.94. The Morgan fingerprint density at radius 2 is 2.00 bits per heavy atom. The highest BCUT2D eigenvalue weighted by atomic mass is 19.4. The zero-order chi connectivity index (χ0) is 20.3. The molecule has 7 heteroatoms. The van der Waals surface area contributed by atoms with E-state index in [1.54, 1.807) is 13.2 Å². The summed E-state index contributed by atoms with van der Waals surface area (Å²) in [5, 5.41) is 2.85. The van der Waals surface area contributed by atoms with Gasteiger partial charge in [0, 0.05) is 25.9 Å². The Bertz CT molecular complexity index is 856. The lowest BCUT2D eigenvalue weighted by molar-refractivity contribution is -0.137. The third-order valence-electron chi connectivity index (χ3n) is 5.24. The quantitative estimate of drug-likeness (QED) is 0.749. The zero-order valence-corrected chi connectivity index (χ0v) is 16.2. The molecule has 1 aromatic heterocycles. The summed E-state index contributed by atoms with van der Waals surface area (Å²) in [5.41, 5.74) is 3.56. The molecule has 3 rings (SSSR count). The van der Waals surface area contributed by atoms with E-state index in [0.29, 0.717) is 24.4 Å². The SMILES string of the molecule is COCCNC(=O)c1c(C)c2c(n1Cc1cccc(C(F)(F)F)c1)CCCC2. The molecule has 1 heterocycles. The number of aromatic nitrogens is 1. The molecular formula is C21H25F3N2O2. The number of rotatable bonds is 6. The molecule has 0 spiro atoms. The van der Waals surface area contributed by atoms with E-state index >= 15 is 0 Å². The molecule has 0 saturated heterocycles. The lowest BCUT2D eigenvalue weighted by Crippen LogP contribution is -2.30. The molecule has 0 radical (unpaired) electrons. The lowest BCUT2D eigenvalue weighted by Gasteiger charge is -2.18. The number of hydrogen-bond donors (Lipinski definition) is 1. The number of halogens is 3. The Hall–Kier alpha value is -2.28. The number of carbonyl (C=O) groups is 1. The first kappa shape index (κ1) is 20.5. The molecule has 0 aliphatic heterocycles. The van der Waals surface area contributed by atoms with Gasteiger partial charge in [-0.25, -0.2) is 0 Å². The van der Waals surface area contributed by atoms with Gasteiger partial charge in [0.2, 0.25) is 0 Å². The number of methoxy groups -OCH3 is 1. The minimum Gasteiger partial charge on any atom is -0.383 e. The first-order valence-corrected chi connectivity index (χ1v) is 9.47. The van der Waals surface area contributed by atoms with E-state index in [0.717, 1.165) is 54.6 Å². The van der Waals surface area contributed by atoms with Crippen LogP contribution in [0, 0.1) is 6.92 Å². The molecule has 0 fully saturated rings. The maximum atomic E-state index is 13.1. The average molecular weight is 394 g/mol. The van der Waals surface area contributed by atoms with E-state index < -0.39 is 11.7 Å². The maximum absolute atomic E-state index is 13.1. The van der Waals surface area contributed by atoms with Gasteiger partial charge in [-0.05, 0) is 61.4 Å². The molecule has 1 aromatic carbocycles. The van der Waals surface area contributed by atoms with Gasteiger partial charge in [0.05, 0.1) is 12.2 Å². The van der Waals surface area contributed by atoms with E-state index in [-0.39, 0.29) is 12.5 Å². The van der Waals surface area contributed by atoms with Crippen LogP contribution in [0.3, 0.4) is 0 Å². The number of benzene rings is 1. The van der Waals surface area contributed by atoms with Crippen molar-refractivity contribution in [3.8, 4) is 0 Å². The van der Waals surface area contributed by atoms with Crippen LogP contribution >= 0.6 is 0 Å². The van der Waals surface area contributed by atoms with E-state index in [1.165, 1.54) is 6.07 Å². The van der Waals surface area contributed by atoms with Gasteiger partial charge < -0.3 is 14.6 Å². The lowest BCUT2D eigenvalue weighted by atomic mass is 9.95. The summed E-state index contributed by atoms with van der Waals surface area (Å²) < 4.78 is 46.1. The smallest absolute Gasteiger partial charge is 0.383 e. The highest BCUT2D eigenvalue weighted by Crippen LogP contribution is 2.32.